The number of piperidine rings is 1. The number of para-hydroxylation sites is 1. The van der Waals surface area contributed by atoms with Gasteiger partial charge in [0.1, 0.15) is 12.8 Å². The number of aliphatic hydroxyl groups is 1. The van der Waals surface area contributed by atoms with Crippen molar-refractivity contribution in [3.8, 4) is 5.88 Å². The van der Waals surface area contributed by atoms with E-state index in [0.717, 1.165) is 24.3 Å². The second-order valence-corrected chi connectivity index (χ2v) is 8.49. The van der Waals surface area contributed by atoms with E-state index in [2.05, 4.69) is 32.7 Å². The second kappa shape index (κ2) is 10.6. The van der Waals surface area contributed by atoms with Gasteiger partial charge in [-0.1, -0.05) is 18.2 Å². The number of carbonyl (C=O) groups excluding carboxylic acids is 2. The Bertz CT molecular complexity index is 949. The Hall–Kier alpha value is -3.17. The highest BCUT2D eigenvalue weighted by molar-refractivity contribution is 5.90. The summed E-state index contributed by atoms with van der Waals surface area (Å²) in [6.07, 6.45) is 1.72. The van der Waals surface area contributed by atoms with Gasteiger partial charge in [-0.05, 0) is 37.1 Å². The van der Waals surface area contributed by atoms with E-state index in [4.69, 9.17) is 4.74 Å². The van der Waals surface area contributed by atoms with Gasteiger partial charge in [0.2, 0.25) is 17.7 Å². The highest BCUT2D eigenvalue weighted by Crippen LogP contribution is 2.24. The zero-order valence-corrected chi connectivity index (χ0v) is 18.8. The van der Waals surface area contributed by atoms with E-state index in [-0.39, 0.29) is 17.9 Å². The molecule has 9 nitrogen and oxygen atoms in total. The highest BCUT2D eigenvalue weighted by atomic mass is 16.5. The van der Waals surface area contributed by atoms with Gasteiger partial charge >= 0.3 is 0 Å². The number of aromatic nitrogens is 1. The molecule has 2 aromatic rings. The molecule has 9 heteroatoms. The van der Waals surface area contributed by atoms with Crippen LogP contribution in [-0.2, 0) is 9.59 Å². The Morgan fingerprint density at radius 2 is 1.94 bits per heavy atom. The zero-order valence-electron chi connectivity index (χ0n) is 18.8. The first-order valence-electron chi connectivity index (χ1n) is 11.3. The first kappa shape index (κ1) is 23.0. The second-order valence-electron chi connectivity index (χ2n) is 8.49. The molecule has 3 atom stereocenters. The Labute approximate surface area is 193 Å². The Kier molecular flexibility index (Phi) is 7.41. The lowest BCUT2D eigenvalue weighted by Crippen LogP contribution is -2.62. The average Bonchev–Trinajstić information content (AvgIpc) is 2.84. The molecule has 2 aliphatic rings. The molecule has 2 amide bonds. The maximum Gasteiger partial charge on any atom is 0.240 e. The van der Waals surface area contributed by atoms with Crippen molar-refractivity contribution in [1.82, 2.24) is 20.5 Å². The number of ether oxygens (including phenoxy) is 1. The van der Waals surface area contributed by atoms with Crippen LogP contribution in [0.25, 0.3) is 0 Å². The van der Waals surface area contributed by atoms with Crippen LogP contribution in [0.15, 0.2) is 48.7 Å². The third-order valence-corrected chi connectivity index (χ3v) is 6.23. The molecular weight excluding hydrogens is 422 g/mol. The van der Waals surface area contributed by atoms with Crippen molar-refractivity contribution >= 4 is 17.5 Å². The maximum atomic E-state index is 13.4. The van der Waals surface area contributed by atoms with Gasteiger partial charge < -0.3 is 30.3 Å². The third-order valence-electron chi connectivity index (χ3n) is 6.23. The fraction of sp³-hybridized carbons (Fsp3) is 0.458. The molecule has 3 heterocycles. The molecule has 1 aromatic heterocycles. The van der Waals surface area contributed by atoms with Crippen LogP contribution in [0.4, 0.5) is 5.69 Å². The summed E-state index contributed by atoms with van der Waals surface area (Å²) < 4.78 is 5.98. The predicted molar refractivity (Wildman–Crippen MR) is 124 cm³/mol. The van der Waals surface area contributed by atoms with E-state index < -0.39 is 18.7 Å². The molecule has 33 heavy (non-hydrogen) atoms. The van der Waals surface area contributed by atoms with Crippen LogP contribution in [0.2, 0.25) is 0 Å². The summed E-state index contributed by atoms with van der Waals surface area (Å²) in [4.78, 5) is 34.4. The number of amides is 2. The average molecular weight is 454 g/mol. The minimum absolute atomic E-state index is 0.0899. The smallest absolute Gasteiger partial charge is 0.240 e. The van der Waals surface area contributed by atoms with Crippen molar-refractivity contribution in [2.45, 2.75) is 25.5 Å². The zero-order chi connectivity index (χ0) is 23.2. The quantitative estimate of drug-likeness (QED) is 0.548. The molecule has 2 saturated heterocycles. The van der Waals surface area contributed by atoms with Crippen molar-refractivity contribution < 1.29 is 19.4 Å². The SMILES string of the molecule is Cc1ccnc(O[C@@H]2CN[C@H](C(=O)N3CCN(c4ccccc4)CC3)[C@@H](C(=O)NCO)C2)c1. The van der Waals surface area contributed by atoms with Crippen LogP contribution in [-0.4, -0.2) is 78.4 Å². The number of benzene rings is 1. The summed E-state index contributed by atoms with van der Waals surface area (Å²) in [7, 11) is 0. The fourth-order valence-electron chi connectivity index (χ4n) is 4.48. The largest absolute Gasteiger partial charge is 0.473 e. The Morgan fingerprint density at radius 1 is 1.18 bits per heavy atom. The van der Waals surface area contributed by atoms with Crippen molar-refractivity contribution in [2.75, 3.05) is 44.4 Å². The van der Waals surface area contributed by atoms with Gasteiger partial charge in [-0.2, -0.15) is 0 Å². The van der Waals surface area contributed by atoms with Crippen LogP contribution < -0.4 is 20.3 Å². The molecule has 0 aliphatic carbocycles. The number of carbonyl (C=O) groups is 2. The van der Waals surface area contributed by atoms with Gasteiger partial charge in [0.25, 0.3) is 0 Å². The molecule has 4 rings (SSSR count). The minimum Gasteiger partial charge on any atom is -0.473 e. The summed E-state index contributed by atoms with van der Waals surface area (Å²) in [5, 5.41) is 14.9. The van der Waals surface area contributed by atoms with Crippen LogP contribution in [0.1, 0.15) is 12.0 Å². The van der Waals surface area contributed by atoms with Crippen LogP contribution in [0.5, 0.6) is 5.88 Å². The lowest BCUT2D eigenvalue weighted by atomic mass is 9.87. The summed E-state index contributed by atoms with van der Waals surface area (Å²) >= 11 is 0. The van der Waals surface area contributed by atoms with E-state index >= 15 is 0 Å². The topological polar surface area (TPSA) is 107 Å². The molecule has 2 fully saturated rings. The number of nitrogens with one attached hydrogen (secondary N) is 2. The monoisotopic (exact) mass is 453 g/mol. The Morgan fingerprint density at radius 3 is 2.64 bits per heavy atom. The lowest BCUT2D eigenvalue weighted by Gasteiger charge is -2.41. The van der Waals surface area contributed by atoms with Crippen LogP contribution in [0.3, 0.4) is 0 Å². The number of aliphatic hydroxyl groups excluding tert-OH is 1. The molecule has 0 unspecified atom stereocenters. The number of pyridine rings is 1. The van der Waals surface area contributed by atoms with E-state index in [1.165, 1.54) is 0 Å². The van der Waals surface area contributed by atoms with E-state index in [9.17, 15) is 14.7 Å². The van der Waals surface area contributed by atoms with Crippen molar-refractivity contribution in [3.05, 3.63) is 54.2 Å². The molecule has 0 radical (unpaired) electrons. The number of hydrogen-bond donors (Lipinski definition) is 3. The molecule has 3 N–H and O–H groups in total. The van der Waals surface area contributed by atoms with Gasteiger partial charge in [-0.3, -0.25) is 9.59 Å². The van der Waals surface area contributed by atoms with Gasteiger partial charge in [0.05, 0.1) is 12.0 Å². The molecule has 176 valence electrons. The minimum atomic E-state index is -0.662. The molecule has 2 aliphatic heterocycles. The number of rotatable bonds is 6. The van der Waals surface area contributed by atoms with Crippen molar-refractivity contribution in [1.29, 1.82) is 0 Å². The molecule has 1 aromatic carbocycles. The number of nitrogens with zero attached hydrogens (tertiary/aromatic N) is 3. The standard InChI is InChI=1S/C24H31N5O4/c1-17-7-8-25-21(13-17)33-19-14-20(23(31)27-16-30)22(26-15-19)24(32)29-11-9-28(10-12-29)18-5-3-2-4-6-18/h2-8,13,19-20,22,26,30H,9-12,14-16H2,1H3,(H,27,31)/t19-,20-,22-/m0/s1. The summed E-state index contributed by atoms with van der Waals surface area (Å²) in [5.41, 5.74) is 2.17. The number of aryl methyl sites for hydroxylation is 1. The third kappa shape index (κ3) is 5.61. The fourth-order valence-corrected chi connectivity index (χ4v) is 4.48. The van der Waals surface area contributed by atoms with E-state index in [1.807, 2.05) is 42.2 Å². The van der Waals surface area contributed by atoms with Gasteiger partial charge in [0, 0.05) is 50.7 Å². The molecule has 0 spiro atoms. The lowest BCUT2D eigenvalue weighted by molar-refractivity contribution is -0.142. The maximum absolute atomic E-state index is 13.4. The van der Waals surface area contributed by atoms with E-state index in [0.29, 0.717) is 31.9 Å². The molecular formula is C24H31N5O4. The first-order valence-corrected chi connectivity index (χ1v) is 11.3. The number of anilines is 1. The van der Waals surface area contributed by atoms with Crippen molar-refractivity contribution in [2.24, 2.45) is 5.92 Å². The number of hydrogen-bond acceptors (Lipinski definition) is 7. The van der Waals surface area contributed by atoms with Crippen LogP contribution >= 0.6 is 0 Å². The van der Waals surface area contributed by atoms with Gasteiger partial charge in [0.15, 0.2) is 0 Å². The Balaban J connectivity index is 1.40. The van der Waals surface area contributed by atoms with Gasteiger partial charge in [-0.25, -0.2) is 4.98 Å². The predicted octanol–water partition coefficient (Wildman–Crippen LogP) is 0.530. The summed E-state index contributed by atoms with van der Waals surface area (Å²) in [6, 6.07) is 13.2. The summed E-state index contributed by atoms with van der Waals surface area (Å²) in [5.74, 6) is -0.616. The van der Waals surface area contributed by atoms with Gasteiger partial charge in [-0.15, -0.1) is 0 Å². The normalized spacial score (nSPS) is 23.2. The summed E-state index contributed by atoms with van der Waals surface area (Å²) in [6.45, 7) is 4.57. The number of piperazine rings is 1. The van der Waals surface area contributed by atoms with Crippen LogP contribution in [0, 0.1) is 12.8 Å². The highest BCUT2D eigenvalue weighted by Gasteiger charge is 2.42. The van der Waals surface area contributed by atoms with E-state index in [1.54, 1.807) is 6.20 Å². The van der Waals surface area contributed by atoms with Crippen molar-refractivity contribution in [3.63, 3.8) is 0 Å². The first-order chi connectivity index (χ1) is 16.0. The molecule has 0 bridgehead atoms. The molecule has 0 saturated carbocycles.